The first-order valence-electron chi connectivity index (χ1n) is 6.43. The molecule has 3 rings (SSSR count). The van der Waals surface area contributed by atoms with Crippen molar-refractivity contribution in [3.8, 4) is 5.88 Å². The molecule has 0 radical (unpaired) electrons. The van der Waals surface area contributed by atoms with Crippen molar-refractivity contribution in [2.24, 2.45) is 0 Å². The van der Waals surface area contributed by atoms with Crippen molar-refractivity contribution >= 4 is 22.8 Å². The Morgan fingerprint density at radius 2 is 2.14 bits per heavy atom. The fourth-order valence-corrected chi connectivity index (χ4v) is 2.29. The van der Waals surface area contributed by atoms with Gasteiger partial charge in [-0.2, -0.15) is 9.97 Å². The van der Waals surface area contributed by atoms with Crippen molar-refractivity contribution in [2.45, 2.75) is 25.8 Å². The third-order valence-electron chi connectivity index (χ3n) is 3.03. The van der Waals surface area contributed by atoms with E-state index in [1.165, 1.54) is 0 Å². The number of alkyl halides is 1. The number of methoxy groups -OCH3 is 1. The molecule has 21 heavy (non-hydrogen) atoms. The quantitative estimate of drug-likeness (QED) is 0.689. The zero-order valence-corrected chi connectivity index (χ0v) is 12.6. The molecule has 1 atom stereocenters. The van der Waals surface area contributed by atoms with Crippen LogP contribution >= 0.6 is 11.6 Å². The van der Waals surface area contributed by atoms with Crippen molar-refractivity contribution in [3.63, 3.8) is 0 Å². The highest BCUT2D eigenvalue weighted by Crippen LogP contribution is 2.25. The topological polar surface area (TPSA) is 78.9 Å². The highest BCUT2D eigenvalue weighted by atomic mass is 35.5. The number of hydrogen-bond acceptors (Lipinski definition) is 6. The SMILES string of the molecule is COc1ccc2nc(C(C)Cl)n(Cc3noc(C)n3)c2n1. The molecule has 8 heteroatoms. The Kier molecular flexibility index (Phi) is 3.50. The van der Waals surface area contributed by atoms with Crippen molar-refractivity contribution < 1.29 is 9.26 Å². The Morgan fingerprint density at radius 3 is 2.76 bits per heavy atom. The smallest absolute Gasteiger partial charge is 0.223 e. The number of halogens is 1. The minimum absolute atomic E-state index is 0.266. The summed E-state index contributed by atoms with van der Waals surface area (Å²) >= 11 is 6.22. The first-order valence-corrected chi connectivity index (χ1v) is 6.86. The van der Waals surface area contributed by atoms with Crippen LogP contribution in [0.1, 0.15) is 29.8 Å². The van der Waals surface area contributed by atoms with Crippen molar-refractivity contribution in [3.05, 3.63) is 29.7 Å². The molecule has 0 bridgehead atoms. The summed E-state index contributed by atoms with van der Waals surface area (Å²) in [5.74, 6) is 2.28. The van der Waals surface area contributed by atoms with Crippen LogP contribution in [0.2, 0.25) is 0 Å². The molecule has 1 unspecified atom stereocenters. The van der Waals surface area contributed by atoms with E-state index in [4.69, 9.17) is 20.9 Å². The molecule has 7 nitrogen and oxygen atoms in total. The van der Waals surface area contributed by atoms with E-state index in [1.54, 1.807) is 20.1 Å². The fraction of sp³-hybridized carbons (Fsp3) is 0.385. The molecule has 0 aliphatic carbocycles. The lowest BCUT2D eigenvalue weighted by Crippen LogP contribution is -2.08. The van der Waals surface area contributed by atoms with Crippen LogP contribution < -0.4 is 4.74 Å². The largest absolute Gasteiger partial charge is 0.481 e. The number of aryl methyl sites for hydroxylation is 1. The predicted octanol–water partition coefficient (Wildman–Crippen LogP) is 2.48. The summed E-state index contributed by atoms with van der Waals surface area (Å²) in [6.07, 6.45) is 0. The van der Waals surface area contributed by atoms with Gasteiger partial charge in [-0.15, -0.1) is 11.6 Å². The number of rotatable bonds is 4. The summed E-state index contributed by atoms with van der Waals surface area (Å²) in [7, 11) is 1.57. The number of hydrogen-bond donors (Lipinski definition) is 0. The van der Waals surface area contributed by atoms with Crippen LogP contribution in [0.15, 0.2) is 16.7 Å². The lowest BCUT2D eigenvalue weighted by atomic mass is 10.4. The lowest BCUT2D eigenvalue weighted by Gasteiger charge is -2.07. The molecule has 110 valence electrons. The van der Waals surface area contributed by atoms with Gasteiger partial charge in [0, 0.05) is 13.0 Å². The zero-order valence-electron chi connectivity index (χ0n) is 11.9. The van der Waals surface area contributed by atoms with Crippen LogP contribution in [0.4, 0.5) is 0 Å². The Balaban J connectivity index is 2.14. The number of imidazole rings is 1. The standard InChI is InChI=1S/C13H14ClN5O2/c1-7(14)12-16-9-4-5-11(20-3)17-13(9)19(12)6-10-15-8(2)21-18-10/h4-5,7H,6H2,1-3H3. The van der Waals surface area contributed by atoms with Crippen molar-refractivity contribution in [2.75, 3.05) is 7.11 Å². The zero-order chi connectivity index (χ0) is 15.0. The predicted molar refractivity (Wildman–Crippen MR) is 76.5 cm³/mol. The van der Waals surface area contributed by atoms with E-state index < -0.39 is 0 Å². The van der Waals surface area contributed by atoms with Gasteiger partial charge in [0.25, 0.3) is 0 Å². The van der Waals surface area contributed by atoms with E-state index in [0.717, 1.165) is 5.52 Å². The number of fused-ring (bicyclic) bond motifs is 1. The van der Waals surface area contributed by atoms with Gasteiger partial charge in [-0.05, 0) is 13.0 Å². The van der Waals surface area contributed by atoms with Gasteiger partial charge in [0.2, 0.25) is 11.8 Å². The summed E-state index contributed by atoms with van der Waals surface area (Å²) in [6.45, 7) is 3.99. The number of nitrogens with zero attached hydrogens (tertiary/aromatic N) is 5. The maximum atomic E-state index is 6.22. The molecule has 0 N–H and O–H groups in total. The molecular weight excluding hydrogens is 294 g/mol. The summed E-state index contributed by atoms with van der Waals surface area (Å²) < 4.78 is 12.0. The molecule has 0 saturated carbocycles. The molecule has 3 heterocycles. The Bertz CT molecular complexity index is 780. The summed E-state index contributed by atoms with van der Waals surface area (Å²) in [4.78, 5) is 13.2. The Labute approximate surface area is 125 Å². The molecular formula is C13H14ClN5O2. The average molecular weight is 308 g/mol. The maximum Gasteiger partial charge on any atom is 0.223 e. The molecule has 0 amide bonds. The minimum atomic E-state index is -0.266. The summed E-state index contributed by atoms with van der Waals surface area (Å²) in [5.41, 5.74) is 1.43. The van der Waals surface area contributed by atoms with E-state index in [0.29, 0.717) is 35.6 Å². The highest BCUT2D eigenvalue weighted by molar-refractivity contribution is 6.20. The second kappa shape index (κ2) is 5.33. The summed E-state index contributed by atoms with van der Waals surface area (Å²) in [6, 6.07) is 3.61. The average Bonchev–Trinajstić information content (AvgIpc) is 3.03. The van der Waals surface area contributed by atoms with Crippen molar-refractivity contribution in [1.29, 1.82) is 0 Å². The van der Waals surface area contributed by atoms with Gasteiger partial charge in [-0.3, -0.25) is 0 Å². The number of pyridine rings is 1. The van der Waals surface area contributed by atoms with Gasteiger partial charge in [0.05, 0.1) is 19.0 Å². The van der Waals surface area contributed by atoms with Crippen molar-refractivity contribution in [1.82, 2.24) is 24.7 Å². The molecule has 0 saturated heterocycles. The van der Waals surface area contributed by atoms with E-state index in [9.17, 15) is 0 Å². The monoisotopic (exact) mass is 307 g/mol. The molecule has 0 aliphatic heterocycles. The van der Waals surface area contributed by atoms with E-state index >= 15 is 0 Å². The first-order chi connectivity index (χ1) is 10.1. The van der Waals surface area contributed by atoms with Crippen LogP contribution in [-0.2, 0) is 6.54 Å². The lowest BCUT2D eigenvalue weighted by molar-refractivity contribution is 0.386. The van der Waals surface area contributed by atoms with E-state index in [-0.39, 0.29) is 5.38 Å². The third kappa shape index (κ3) is 2.56. The van der Waals surface area contributed by atoms with Gasteiger partial charge in [0.15, 0.2) is 11.5 Å². The van der Waals surface area contributed by atoms with Gasteiger partial charge in [-0.1, -0.05) is 5.16 Å². The minimum Gasteiger partial charge on any atom is -0.481 e. The third-order valence-corrected chi connectivity index (χ3v) is 3.23. The summed E-state index contributed by atoms with van der Waals surface area (Å²) in [5, 5.41) is 3.64. The molecule has 0 spiro atoms. The van der Waals surface area contributed by atoms with Crippen LogP contribution in [-0.4, -0.2) is 31.8 Å². The van der Waals surface area contributed by atoms with Crippen LogP contribution in [0.5, 0.6) is 5.88 Å². The van der Waals surface area contributed by atoms with E-state index in [2.05, 4.69) is 20.1 Å². The van der Waals surface area contributed by atoms with Crippen LogP contribution in [0.25, 0.3) is 11.2 Å². The molecule has 0 aromatic carbocycles. The first kappa shape index (κ1) is 13.8. The van der Waals surface area contributed by atoms with Gasteiger partial charge >= 0.3 is 0 Å². The Morgan fingerprint density at radius 1 is 1.33 bits per heavy atom. The maximum absolute atomic E-state index is 6.22. The molecule has 0 fully saturated rings. The molecule has 3 aromatic rings. The van der Waals surface area contributed by atoms with Crippen LogP contribution in [0, 0.1) is 6.92 Å². The Hall–Kier alpha value is -2.15. The van der Waals surface area contributed by atoms with Gasteiger partial charge in [0.1, 0.15) is 11.3 Å². The van der Waals surface area contributed by atoms with Gasteiger partial charge < -0.3 is 13.8 Å². The second-order valence-electron chi connectivity index (χ2n) is 4.60. The van der Waals surface area contributed by atoms with E-state index in [1.807, 2.05) is 17.6 Å². The van der Waals surface area contributed by atoms with Gasteiger partial charge in [-0.25, -0.2) is 4.98 Å². The normalized spacial score (nSPS) is 12.8. The molecule has 3 aromatic heterocycles. The highest BCUT2D eigenvalue weighted by Gasteiger charge is 2.18. The molecule has 0 aliphatic rings. The van der Waals surface area contributed by atoms with Crippen LogP contribution in [0.3, 0.4) is 0 Å². The number of aromatic nitrogens is 5. The fourth-order valence-electron chi connectivity index (χ4n) is 2.12. The number of ether oxygens (including phenoxy) is 1. The second-order valence-corrected chi connectivity index (χ2v) is 5.25.